The van der Waals surface area contributed by atoms with Crippen molar-refractivity contribution < 1.29 is 5.11 Å². The molecule has 4 heteroatoms. The maximum absolute atomic E-state index is 10.0. The van der Waals surface area contributed by atoms with E-state index in [9.17, 15) is 5.11 Å². The van der Waals surface area contributed by atoms with E-state index in [0.717, 1.165) is 29.5 Å². The second-order valence-corrected chi connectivity index (χ2v) is 6.44. The Labute approximate surface area is 130 Å². The van der Waals surface area contributed by atoms with E-state index in [0.29, 0.717) is 5.75 Å². The van der Waals surface area contributed by atoms with Crippen molar-refractivity contribution in [2.24, 2.45) is 0 Å². The van der Waals surface area contributed by atoms with Gasteiger partial charge >= 0.3 is 0 Å². The summed E-state index contributed by atoms with van der Waals surface area (Å²) >= 11 is 3.48. The molecule has 0 bridgehead atoms. The van der Waals surface area contributed by atoms with Crippen LogP contribution in [0.15, 0.2) is 22.7 Å². The Bertz CT molecular complexity index is 419. The fourth-order valence-electron chi connectivity index (χ4n) is 2.86. The molecule has 0 aromatic heterocycles. The van der Waals surface area contributed by atoms with Gasteiger partial charge in [-0.1, -0.05) is 29.3 Å². The third kappa shape index (κ3) is 4.47. The zero-order chi connectivity index (χ0) is 14.4. The lowest BCUT2D eigenvalue weighted by Gasteiger charge is -2.27. The van der Waals surface area contributed by atoms with Crippen LogP contribution in [0, 0.1) is 0 Å². The number of phenols is 1. The Morgan fingerprint density at radius 3 is 2.75 bits per heavy atom. The normalized spacial score (nSPS) is 18.1. The molecule has 112 valence electrons. The number of phenolic OH excluding ortho intramolecular Hbond substituents is 1. The Kier molecular flexibility index (Phi) is 6.33. The van der Waals surface area contributed by atoms with Crippen LogP contribution in [0.2, 0.25) is 0 Å². The van der Waals surface area contributed by atoms with Gasteiger partial charge in [0.25, 0.3) is 0 Å². The van der Waals surface area contributed by atoms with Gasteiger partial charge in [-0.15, -0.1) is 0 Å². The van der Waals surface area contributed by atoms with Gasteiger partial charge in [-0.2, -0.15) is 0 Å². The number of nitrogens with one attached hydrogen (secondary N) is 1. The molecule has 1 aliphatic heterocycles. The van der Waals surface area contributed by atoms with E-state index in [4.69, 9.17) is 0 Å². The lowest BCUT2D eigenvalue weighted by molar-refractivity contribution is 0.225. The number of rotatable bonds is 6. The summed E-state index contributed by atoms with van der Waals surface area (Å²) < 4.78 is 1.02. The zero-order valence-electron chi connectivity index (χ0n) is 12.2. The number of halogens is 1. The van der Waals surface area contributed by atoms with Crippen molar-refractivity contribution in [3.05, 3.63) is 28.2 Å². The van der Waals surface area contributed by atoms with Crippen LogP contribution in [0.4, 0.5) is 0 Å². The topological polar surface area (TPSA) is 35.5 Å². The van der Waals surface area contributed by atoms with Crippen molar-refractivity contribution >= 4 is 15.9 Å². The van der Waals surface area contributed by atoms with E-state index in [1.54, 1.807) is 6.07 Å². The first kappa shape index (κ1) is 15.8. The molecule has 1 aliphatic rings. The molecule has 0 saturated carbocycles. The summed E-state index contributed by atoms with van der Waals surface area (Å²) in [5.74, 6) is 0.380. The van der Waals surface area contributed by atoms with Crippen molar-refractivity contribution in [1.29, 1.82) is 0 Å². The summed E-state index contributed by atoms with van der Waals surface area (Å²) in [6, 6.07) is 5.86. The standard InChI is InChI=1S/C16H25BrN2O/c1-2-15(14-12-13(17)6-7-16(14)20)18-8-11-19-9-4-3-5-10-19/h6-7,12,15,18,20H,2-5,8-11H2,1H3. The highest BCUT2D eigenvalue weighted by Crippen LogP contribution is 2.29. The first-order valence-corrected chi connectivity index (χ1v) is 8.44. The minimum absolute atomic E-state index is 0.220. The minimum atomic E-state index is 0.220. The quantitative estimate of drug-likeness (QED) is 0.829. The number of aromatic hydroxyl groups is 1. The van der Waals surface area contributed by atoms with E-state index < -0.39 is 0 Å². The average molecular weight is 341 g/mol. The molecule has 1 aromatic rings. The molecule has 1 atom stereocenters. The fourth-order valence-corrected chi connectivity index (χ4v) is 3.24. The fraction of sp³-hybridized carbons (Fsp3) is 0.625. The number of hydrogen-bond acceptors (Lipinski definition) is 3. The van der Waals surface area contributed by atoms with Gasteiger partial charge < -0.3 is 15.3 Å². The van der Waals surface area contributed by atoms with Crippen LogP contribution in [-0.2, 0) is 0 Å². The molecule has 0 spiro atoms. The third-order valence-corrected chi connectivity index (χ3v) is 4.53. The van der Waals surface area contributed by atoms with Gasteiger partial charge in [0.2, 0.25) is 0 Å². The van der Waals surface area contributed by atoms with Gasteiger partial charge in [0, 0.05) is 29.2 Å². The molecule has 2 N–H and O–H groups in total. The molecule has 1 heterocycles. The van der Waals surface area contributed by atoms with E-state index >= 15 is 0 Å². The Balaban J connectivity index is 1.86. The zero-order valence-corrected chi connectivity index (χ0v) is 13.8. The molecule has 1 unspecified atom stereocenters. The summed E-state index contributed by atoms with van der Waals surface area (Å²) in [7, 11) is 0. The second kappa shape index (κ2) is 8.01. The summed E-state index contributed by atoms with van der Waals surface area (Å²) in [5.41, 5.74) is 0.987. The smallest absolute Gasteiger partial charge is 0.120 e. The van der Waals surface area contributed by atoms with E-state index in [-0.39, 0.29) is 6.04 Å². The van der Waals surface area contributed by atoms with Crippen LogP contribution in [0.25, 0.3) is 0 Å². The Morgan fingerprint density at radius 1 is 1.30 bits per heavy atom. The number of piperidine rings is 1. The molecule has 1 fully saturated rings. The SMILES string of the molecule is CCC(NCCN1CCCCC1)c1cc(Br)ccc1O. The van der Waals surface area contributed by atoms with Crippen LogP contribution in [0.1, 0.15) is 44.2 Å². The molecule has 0 aliphatic carbocycles. The van der Waals surface area contributed by atoms with E-state index in [2.05, 4.69) is 33.1 Å². The highest BCUT2D eigenvalue weighted by atomic mass is 79.9. The second-order valence-electron chi connectivity index (χ2n) is 5.52. The maximum atomic E-state index is 10.0. The molecular weight excluding hydrogens is 316 g/mol. The molecule has 1 aromatic carbocycles. The lowest BCUT2D eigenvalue weighted by Crippen LogP contribution is -2.36. The van der Waals surface area contributed by atoms with Gasteiger partial charge in [-0.3, -0.25) is 0 Å². The van der Waals surface area contributed by atoms with Crippen molar-refractivity contribution in [3.8, 4) is 5.75 Å². The molecule has 2 rings (SSSR count). The summed E-state index contributed by atoms with van der Waals surface area (Å²) in [5, 5.41) is 13.6. The largest absolute Gasteiger partial charge is 0.508 e. The van der Waals surface area contributed by atoms with Gasteiger partial charge in [-0.25, -0.2) is 0 Å². The highest BCUT2D eigenvalue weighted by Gasteiger charge is 2.15. The number of hydrogen-bond donors (Lipinski definition) is 2. The predicted octanol–water partition coefficient (Wildman–Crippen LogP) is 3.68. The average Bonchev–Trinajstić information content (AvgIpc) is 2.48. The summed E-state index contributed by atoms with van der Waals surface area (Å²) in [4.78, 5) is 2.53. The van der Waals surface area contributed by atoms with Crippen molar-refractivity contribution in [2.45, 2.75) is 38.6 Å². The van der Waals surface area contributed by atoms with E-state index in [1.807, 2.05) is 12.1 Å². The number of benzene rings is 1. The van der Waals surface area contributed by atoms with Crippen LogP contribution in [0.3, 0.4) is 0 Å². The highest BCUT2D eigenvalue weighted by molar-refractivity contribution is 9.10. The number of nitrogens with zero attached hydrogens (tertiary/aromatic N) is 1. The summed E-state index contributed by atoms with van der Waals surface area (Å²) in [6.07, 6.45) is 5.03. The first-order valence-electron chi connectivity index (χ1n) is 7.65. The van der Waals surface area contributed by atoms with E-state index in [1.165, 1.54) is 32.4 Å². The predicted molar refractivity (Wildman–Crippen MR) is 87.1 cm³/mol. The van der Waals surface area contributed by atoms with Gasteiger partial charge in [0.15, 0.2) is 0 Å². The van der Waals surface area contributed by atoms with Crippen LogP contribution in [-0.4, -0.2) is 36.2 Å². The monoisotopic (exact) mass is 340 g/mol. The van der Waals surface area contributed by atoms with Crippen LogP contribution in [0.5, 0.6) is 5.75 Å². The first-order chi connectivity index (χ1) is 9.70. The molecule has 0 amide bonds. The molecule has 3 nitrogen and oxygen atoms in total. The lowest BCUT2D eigenvalue weighted by atomic mass is 10.0. The molecule has 0 radical (unpaired) electrons. The van der Waals surface area contributed by atoms with Crippen molar-refractivity contribution in [2.75, 3.05) is 26.2 Å². The Hall–Kier alpha value is -0.580. The summed E-state index contributed by atoms with van der Waals surface area (Å²) in [6.45, 7) is 6.70. The molecule has 20 heavy (non-hydrogen) atoms. The number of likely N-dealkylation sites (tertiary alicyclic amines) is 1. The maximum Gasteiger partial charge on any atom is 0.120 e. The van der Waals surface area contributed by atoms with Crippen LogP contribution < -0.4 is 5.32 Å². The van der Waals surface area contributed by atoms with Gasteiger partial charge in [0.1, 0.15) is 5.75 Å². The van der Waals surface area contributed by atoms with Crippen LogP contribution >= 0.6 is 15.9 Å². The Morgan fingerprint density at radius 2 is 2.05 bits per heavy atom. The molecule has 1 saturated heterocycles. The van der Waals surface area contributed by atoms with Gasteiger partial charge in [0.05, 0.1) is 0 Å². The third-order valence-electron chi connectivity index (χ3n) is 4.04. The van der Waals surface area contributed by atoms with Crippen molar-refractivity contribution in [1.82, 2.24) is 10.2 Å². The molecular formula is C16H25BrN2O. The van der Waals surface area contributed by atoms with Gasteiger partial charge in [-0.05, 0) is 50.6 Å². The van der Waals surface area contributed by atoms with Crippen molar-refractivity contribution in [3.63, 3.8) is 0 Å². The minimum Gasteiger partial charge on any atom is -0.508 e.